The van der Waals surface area contributed by atoms with E-state index in [1.54, 1.807) is 0 Å². The van der Waals surface area contributed by atoms with E-state index in [-0.39, 0.29) is 13.2 Å². The summed E-state index contributed by atoms with van der Waals surface area (Å²) in [5, 5.41) is 24.5. The highest BCUT2D eigenvalue weighted by Gasteiger charge is 2.64. The Kier molecular flexibility index (Phi) is 8.64. The summed E-state index contributed by atoms with van der Waals surface area (Å²) < 4.78 is 10.5. The molecule has 0 spiro atoms. The van der Waals surface area contributed by atoms with Gasteiger partial charge in [0.25, 0.3) is 0 Å². The maximum Gasteiger partial charge on any atom is 0.330 e. The molecule has 0 atom stereocenters. The van der Waals surface area contributed by atoms with Gasteiger partial charge in [-0.3, -0.25) is 9.80 Å². The van der Waals surface area contributed by atoms with Crippen LogP contribution in [0.3, 0.4) is 0 Å². The zero-order valence-corrected chi connectivity index (χ0v) is 23.6. The van der Waals surface area contributed by atoms with Gasteiger partial charge in [-0.2, -0.15) is 0 Å². The van der Waals surface area contributed by atoms with Crippen LogP contribution in [0.2, 0.25) is 0 Å². The summed E-state index contributed by atoms with van der Waals surface area (Å²) in [5.41, 5.74) is -4.50. The second-order valence-corrected chi connectivity index (χ2v) is 13.1. The lowest BCUT2D eigenvalue weighted by atomic mass is 9.57. The molecule has 2 N–H and O–H groups in total. The van der Waals surface area contributed by atoms with Gasteiger partial charge in [0.15, 0.2) is 0 Å². The third kappa shape index (κ3) is 6.21. The number of esters is 2. The summed E-state index contributed by atoms with van der Waals surface area (Å²) in [7, 11) is 0. The molecule has 2 aliphatic rings. The first-order valence-electron chi connectivity index (χ1n) is 12.8. The molecule has 0 radical (unpaired) electrons. The van der Waals surface area contributed by atoms with Gasteiger partial charge < -0.3 is 19.7 Å². The number of nitrogens with zero attached hydrogens (tertiary/aromatic N) is 2. The normalized spacial score (nSPS) is 25.9. The number of aliphatic hydroxyl groups is 2. The fourth-order valence-corrected chi connectivity index (χ4v) is 7.47. The fraction of sp³-hybridized carbons (Fsp3) is 0.786. The Hall–Kier alpha value is -1.74. The molecule has 0 aromatic rings. The highest BCUT2D eigenvalue weighted by Crippen LogP contribution is 2.55. The van der Waals surface area contributed by atoms with E-state index >= 15 is 0 Å². The molecule has 0 amide bonds. The average Bonchev–Trinajstić information content (AvgIpc) is 2.69. The maximum absolute atomic E-state index is 12.3. The molecule has 2 fully saturated rings. The maximum atomic E-state index is 12.3. The van der Waals surface area contributed by atoms with Crippen LogP contribution in [-0.4, -0.2) is 91.6 Å². The molecule has 2 aliphatic heterocycles. The molecule has 0 bridgehead atoms. The highest BCUT2D eigenvalue weighted by molar-refractivity contribution is 5.81. The lowest BCUT2D eigenvalue weighted by Crippen LogP contribution is -2.76. The second-order valence-electron chi connectivity index (χ2n) is 13.1. The summed E-state index contributed by atoms with van der Waals surface area (Å²) in [4.78, 5) is 27.6. The molecular formula is C28H48N2O6. The van der Waals surface area contributed by atoms with Crippen LogP contribution in [0.5, 0.6) is 0 Å². The third-order valence-corrected chi connectivity index (χ3v) is 8.14. The minimum absolute atomic E-state index is 0.228. The summed E-state index contributed by atoms with van der Waals surface area (Å²) in [6.45, 7) is 24.9. The summed E-state index contributed by atoms with van der Waals surface area (Å²) in [6, 6.07) is 0. The van der Waals surface area contributed by atoms with Gasteiger partial charge >= 0.3 is 11.9 Å². The predicted octanol–water partition coefficient (Wildman–Crippen LogP) is 3.21. The van der Waals surface area contributed by atoms with E-state index in [1.807, 2.05) is 0 Å². The van der Waals surface area contributed by atoms with Crippen molar-refractivity contribution in [3.63, 3.8) is 0 Å². The predicted molar refractivity (Wildman–Crippen MR) is 140 cm³/mol. The van der Waals surface area contributed by atoms with Crippen LogP contribution in [0.1, 0.15) is 81.1 Å². The van der Waals surface area contributed by atoms with Crippen LogP contribution >= 0.6 is 0 Å². The monoisotopic (exact) mass is 508 g/mol. The van der Waals surface area contributed by atoms with Crippen molar-refractivity contribution in [3.8, 4) is 0 Å². The van der Waals surface area contributed by atoms with Gasteiger partial charge in [-0.15, -0.1) is 0 Å². The fourth-order valence-electron chi connectivity index (χ4n) is 7.47. The van der Waals surface area contributed by atoms with E-state index in [4.69, 9.17) is 9.47 Å². The first kappa shape index (κ1) is 30.5. The largest absolute Gasteiger partial charge is 0.461 e. The van der Waals surface area contributed by atoms with Crippen molar-refractivity contribution in [2.45, 2.75) is 114 Å². The van der Waals surface area contributed by atoms with Crippen molar-refractivity contribution in [3.05, 3.63) is 25.3 Å². The van der Waals surface area contributed by atoms with Gasteiger partial charge in [0.2, 0.25) is 0 Å². The standard InChI is InChI=1S/C28H48N2O6/c1-11-21(31)35-15-13-29-23(3,4)17-27(33,18-24(29,5)6)28(34)19-25(7,8)30(26(9,10)20-28)14-16-36-22(32)12-2/h11-12,33-34H,1-2,13-20H2,3-10H3. The zero-order valence-electron chi connectivity index (χ0n) is 23.6. The van der Waals surface area contributed by atoms with Crippen molar-refractivity contribution >= 4 is 11.9 Å². The lowest BCUT2D eigenvalue weighted by Gasteiger charge is -2.66. The summed E-state index contributed by atoms with van der Waals surface area (Å²) in [6.07, 6.45) is 3.80. The molecule has 8 nitrogen and oxygen atoms in total. The van der Waals surface area contributed by atoms with E-state index < -0.39 is 45.3 Å². The molecule has 36 heavy (non-hydrogen) atoms. The molecule has 2 heterocycles. The molecule has 206 valence electrons. The third-order valence-electron chi connectivity index (χ3n) is 8.14. The molecule has 0 saturated carbocycles. The quantitative estimate of drug-likeness (QED) is 0.362. The Labute approximate surface area is 217 Å². The highest BCUT2D eigenvalue weighted by atomic mass is 16.5. The van der Waals surface area contributed by atoms with Crippen LogP contribution in [0.4, 0.5) is 0 Å². The molecular weight excluding hydrogens is 460 g/mol. The Balaban J connectivity index is 2.29. The van der Waals surface area contributed by atoms with Crippen molar-refractivity contribution in [1.82, 2.24) is 9.80 Å². The average molecular weight is 509 g/mol. The van der Waals surface area contributed by atoms with Crippen LogP contribution in [0.15, 0.2) is 25.3 Å². The van der Waals surface area contributed by atoms with E-state index in [0.717, 1.165) is 12.2 Å². The molecule has 0 aromatic carbocycles. The van der Waals surface area contributed by atoms with Gasteiger partial charge in [0, 0.05) is 47.4 Å². The molecule has 2 rings (SSSR count). The van der Waals surface area contributed by atoms with Crippen LogP contribution in [-0.2, 0) is 19.1 Å². The van der Waals surface area contributed by atoms with Gasteiger partial charge in [-0.05, 0) is 81.1 Å². The minimum Gasteiger partial charge on any atom is -0.461 e. The van der Waals surface area contributed by atoms with Crippen molar-refractivity contribution < 1.29 is 29.3 Å². The molecule has 0 aromatic heterocycles. The van der Waals surface area contributed by atoms with Crippen LogP contribution < -0.4 is 0 Å². The molecule has 8 heteroatoms. The molecule has 0 unspecified atom stereocenters. The Morgan fingerprint density at radius 1 is 0.667 bits per heavy atom. The molecule has 0 aliphatic carbocycles. The van der Waals surface area contributed by atoms with Gasteiger partial charge in [0.05, 0.1) is 11.2 Å². The Morgan fingerprint density at radius 2 is 0.917 bits per heavy atom. The first-order valence-corrected chi connectivity index (χ1v) is 12.8. The number of carbonyl (C=O) groups is 2. The smallest absolute Gasteiger partial charge is 0.330 e. The Morgan fingerprint density at radius 3 is 1.14 bits per heavy atom. The van der Waals surface area contributed by atoms with E-state index in [0.29, 0.717) is 38.8 Å². The summed E-state index contributed by atoms with van der Waals surface area (Å²) >= 11 is 0. The van der Waals surface area contributed by atoms with Crippen molar-refractivity contribution in [1.29, 1.82) is 0 Å². The topological polar surface area (TPSA) is 99.5 Å². The summed E-state index contributed by atoms with van der Waals surface area (Å²) in [5.74, 6) is -0.909. The van der Waals surface area contributed by atoms with E-state index in [1.165, 1.54) is 0 Å². The SMILES string of the molecule is C=CC(=O)OCCN1C(C)(C)CC(O)(C2(O)CC(C)(C)N(CCOC(=O)C=C)C(C)(C)C2)CC1(C)C. The van der Waals surface area contributed by atoms with Crippen molar-refractivity contribution in [2.24, 2.45) is 0 Å². The van der Waals surface area contributed by atoms with Gasteiger partial charge in [0.1, 0.15) is 13.2 Å². The van der Waals surface area contributed by atoms with E-state index in [2.05, 4.69) is 78.3 Å². The number of ether oxygens (including phenoxy) is 2. The molecule has 2 saturated heterocycles. The van der Waals surface area contributed by atoms with Crippen LogP contribution in [0.25, 0.3) is 0 Å². The number of hydrogen-bond donors (Lipinski definition) is 2. The van der Waals surface area contributed by atoms with E-state index in [9.17, 15) is 19.8 Å². The van der Waals surface area contributed by atoms with Crippen LogP contribution in [0, 0.1) is 0 Å². The second kappa shape index (κ2) is 10.2. The number of carbonyl (C=O) groups excluding carboxylic acids is 2. The zero-order chi connectivity index (χ0) is 27.8. The number of hydrogen-bond acceptors (Lipinski definition) is 8. The number of piperidine rings is 2. The lowest BCUT2D eigenvalue weighted by molar-refractivity contribution is -0.263. The Bertz CT molecular complexity index is 754. The first-order chi connectivity index (χ1) is 16.3. The minimum atomic E-state index is -1.33. The van der Waals surface area contributed by atoms with Gasteiger partial charge in [-0.1, -0.05) is 13.2 Å². The number of rotatable bonds is 9. The number of likely N-dealkylation sites (tertiary alicyclic amines) is 2. The van der Waals surface area contributed by atoms with Gasteiger partial charge in [-0.25, -0.2) is 9.59 Å². The van der Waals surface area contributed by atoms with Crippen molar-refractivity contribution in [2.75, 3.05) is 26.3 Å².